The average Bonchev–Trinajstić information content (AvgIpc) is 3.03. The van der Waals surface area contributed by atoms with Gasteiger partial charge in [-0.1, -0.05) is 0 Å². The van der Waals surface area contributed by atoms with Crippen molar-refractivity contribution in [2.45, 2.75) is 12.5 Å². The number of furan rings is 1. The van der Waals surface area contributed by atoms with E-state index in [0.717, 1.165) is 6.08 Å². The van der Waals surface area contributed by atoms with Crippen molar-refractivity contribution in [3.05, 3.63) is 30.2 Å². The lowest BCUT2D eigenvalue weighted by molar-refractivity contribution is -0.144. The van der Waals surface area contributed by atoms with Gasteiger partial charge in [0.2, 0.25) is 0 Å². The van der Waals surface area contributed by atoms with Crippen molar-refractivity contribution >= 4 is 27.8 Å². The molecule has 0 aromatic carbocycles. The number of hydrogen-bond acceptors (Lipinski definition) is 6. The number of esters is 1. The normalized spacial score (nSPS) is 20.5. The van der Waals surface area contributed by atoms with E-state index in [1.54, 1.807) is 12.1 Å². The van der Waals surface area contributed by atoms with E-state index >= 15 is 0 Å². The van der Waals surface area contributed by atoms with Gasteiger partial charge in [0.25, 0.3) is 5.91 Å². The molecule has 21 heavy (non-hydrogen) atoms. The van der Waals surface area contributed by atoms with Gasteiger partial charge in [-0.25, -0.2) is 13.2 Å². The van der Waals surface area contributed by atoms with E-state index < -0.39 is 34.4 Å². The van der Waals surface area contributed by atoms with Crippen LogP contribution >= 0.6 is 0 Å². The Kier molecular flexibility index (Phi) is 4.79. The summed E-state index contributed by atoms with van der Waals surface area (Å²) in [6.45, 7) is -0.447. The van der Waals surface area contributed by atoms with E-state index in [-0.39, 0.29) is 11.5 Å². The first-order valence-electron chi connectivity index (χ1n) is 6.33. The van der Waals surface area contributed by atoms with Crippen LogP contribution in [0.3, 0.4) is 0 Å². The zero-order valence-corrected chi connectivity index (χ0v) is 12.0. The Morgan fingerprint density at radius 1 is 1.48 bits per heavy atom. The summed E-state index contributed by atoms with van der Waals surface area (Å²) in [4.78, 5) is 22.9. The number of rotatable bonds is 5. The lowest BCUT2D eigenvalue weighted by Crippen LogP contribution is -2.38. The predicted molar refractivity (Wildman–Crippen MR) is 73.9 cm³/mol. The quantitative estimate of drug-likeness (QED) is 0.612. The number of ether oxygens (including phenoxy) is 1. The Labute approximate surface area is 121 Å². The molecule has 1 fully saturated rings. The number of carbonyl (C=O) groups excluding carboxylic acids is 2. The minimum absolute atomic E-state index is 0.0644. The van der Waals surface area contributed by atoms with Gasteiger partial charge in [0.1, 0.15) is 5.76 Å². The minimum Gasteiger partial charge on any atom is -0.465 e. The van der Waals surface area contributed by atoms with Gasteiger partial charge < -0.3 is 14.5 Å². The molecule has 1 unspecified atom stereocenters. The van der Waals surface area contributed by atoms with Crippen molar-refractivity contribution in [2.75, 3.05) is 18.1 Å². The van der Waals surface area contributed by atoms with Crippen LogP contribution in [0.1, 0.15) is 12.2 Å². The van der Waals surface area contributed by atoms with Crippen LogP contribution in [0, 0.1) is 0 Å². The minimum atomic E-state index is -3.05. The van der Waals surface area contributed by atoms with Crippen molar-refractivity contribution in [2.24, 2.45) is 0 Å². The van der Waals surface area contributed by atoms with Crippen LogP contribution in [0.2, 0.25) is 0 Å². The lowest BCUT2D eigenvalue weighted by atomic mass is 10.2. The summed E-state index contributed by atoms with van der Waals surface area (Å²) in [7, 11) is -3.05. The lowest BCUT2D eigenvalue weighted by Gasteiger charge is -2.10. The molecule has 1 amide bonds. The van der Waals surface area contributed by atoms with E-state index in [4.69, 9.17) is 9.15 Å². The Balaban J connectivity index is 1.70. The summed E-state index contributed by atoms with van der Waals surface area (Å²) in [5, 5.41) is 2.52. The predicted octanol–water partition coefficient (Wildman–Crippen LogP) is 0.139. The molecule has 114 valence electrons. The summed E-state index contributed by atoms with van der Waals surface area (Å²) in [5.74, 6) is -0.695. The van der Waals surface area contributed by atoms with Gasteiger partial charge in [-0.2, -0.15) is 0 Å². The second-order valence-corrected chi connectivity index (χ2v) is 6.85. The Hall–Kier alpha value is -2.09. The Morgan fingerprint density at radius 3 is 2.90 bits per heavy atom. The van der Waals surface area contributed by atoms with Crippen LogP contribution < -0.4 is 5.32 Å². The van der Waals surface area contributed by atoms with Gasteiger partial charge in [0.05, 0.1) is 17.8 Å². The number of nitrogens with one attached hydrogen (secondary N) is 1. The first-order chi connectivity index (χ1) is 9.94. The van der Waals surface area contributed by atoms with Gasteiger partial charge in [-0.3, -0.25) is 4.79 Å². The molecule has 1 aromatic rings. The summed E-state index contributed by atoms with van der Waals surface area (Å²) in [6.07, 6.45) is 4.42. The number of carbonyl (C=O) groups is 2. The van der Waals surface area contributed by atoms with E-state index in [1.165, 1.54) is 12.3 Å². The zero-order valence-electron chi connectivity index (χ0n) is 11.2. The topological polar surface area (TPSA) is 103 Å². The molecule has 1 saturated heterocycles. The molecule has 1 aromatic heterocycles. The molecule has 7 nitrogen and oxygen atoms in total. The number of hydrogen-bond donors (Lipinski definition) is 1. The smallest absolute Gasteiger partial charge is 0.331 e. The second-order valence-electron chi connectivity index (χ2n) is 4.62. The van der Waals surface area contributed by atoms with Gasteiger partial charge in [0.15, 0.2) is 16.4 Å². The van der Waals surface area contributed by atoms with Crippen LogP contribution in [-0.4, -0.2) is 44.4 Å². The summed E-state index contributed by atoms with van der Waals surface area (Å²) < 4.78 is 32.2. The van der Waals surface area contributed by atoms with Crippen LogP contribution in [0.25, 0.3) is 6.08 Å². The van der Waals surface area contributed by atoms with Crippen LogP contribution in [0.5, 0.6) is 0 Å². The fourth-order valence-corrected chi connectivity index (χ4v) is 3.57. The van der Waals surface area contributed by atoms with Gasteiger partial charge in [-0.15, -0.1) is 0 Å². The molecule has 0 bridgehead atoms. The standard InChI is InChI=1S/C13H15NO6S/c15-12(14-10-5-7-21(17,18)9-10)8-20-13(16)4-3-11-2-1-6-19-11/h1-4,6,10H,5,7-9H2,(H,14,15). The summed E-state index contributed by atoms with van der Waals surface area (Å²) in [5.41, 5.74) is 0. The molecule has 2 rings (SSSR count). The maximum absolute atomic E-state index is 11.5. The molecule has 1 aliphatic rings. The van der Waals surface area contributed by atoms with Crippen molar-refractivity contribution in [1.82, 2.24) is 5.32 Å². The third kappa shape index (κ3) is 5.07. The molecule has 0 saturated carbocycles. The highest BCUT2D eigenvalue weighted by molar-refractivity contribution is 7.91. The molecule has 8 heteroatoms. The monoisotopic (exact) mass is 313 g/mol. The van der Waals surface area contributed by atoms with E-state index in [0.29, 0.717) is 12.2 Å². The largest absolute Gasteiger partial charge is 0.465 e. The first kappa shape index (κ1) is 15.3. The molecule has 0 spiro atoms. The average molecular weight is 313 g/mol. The summed E-state index contributed by atoms with van der Waals surface area (Å²) in [6, 6.07) is 2.94. The molecule has 1 N–H and O–H groups in total. The number of amides is 1. The SMILES string of the molecule is O=C(COC(=O)C=Cc1ccco1)NC1CCS(=O)(=O)C1. The van der Waals surface area contributed by atoms with Crippen molar-refractivity contribution in [1.29, 1.82) is 0 Å². The maximum atomic E-state index is 11.5. The highest BCUT2D eigenvalue weighted by atomic mass is 32.2. The molecule has 2 heterocycles. The van der Waals surface area contributed by atoms with E-state index in [9.17, 15) is 18.0 Å². The van der Waals surface area contributed by atoms with Gasteiger partial charge in [0, 0.05) is 12.1 Å². The molecule has 1 aliphatic heterocycles. The fourth-order valence-electron chi connectivity index (χ4n) is 1.90. The van der Waals surface area contributed by atoms with Crippen molar-refractivity contribution in [3.8, 4) is 0 Å². The molecule has 0 radical (unpaired) electrons. The third-order valence-electron chi connectivity index (χ3n) is 2.87. The number of sulfone groups is 1. The maximum Gasteiger partial charge on any atom is 0.331 e. The Bertz CT molecular complexity index is 632. The second kappa shape index (κ2) is 6.57. The third-order valence-corrected chi connectivity index (χ3v) is 4.64. The van der Waals surface area contributed by atoms with Crippen LogP contribution in [0.15, 0.2) is 28.9 Å². The zero-order chi connectivity index (χ0) is 15.3. The molecule has 0 aliphatic carbocycles. The highest BCUT2D eigenvalue weighted by Gasteiger charge is 2.28. The van der Waals surface area contributed by atoms with Gasteiger partial charge >= 0.3 is 5.97 Å². The molecule has 1 atom stereocenters. The highest BCUT2D eigenvalue weighted by Crippen LogP contribution is 2.10. The van der Waals surface area contributed by atoms with Crippen LogP contribution in [0.4, 0.5) is 0 Å². The van der Waals surface area contributed by atoms with Crippen molar-refractivity contribution in [3.63, 3.8) is 0 Å². The molecular formula is C13H15NO6S. The van der Waals surface area contributed by atoms with Crippen molar-refractivity contribution < 1.29 is 27.2 Å². The molecular weight excluding hydrogens is 298 g/mol. The summed E-state index contributed by atoms with van der Waals surface area (Å²) >= 11 is 0. The van der Waals surface area contributed by atoms with E-state index in [1.807, 2.05) is 0 Å². The van der Waals surface area contributed by atoms with E-state index in [2.05, 4.69) is 5.32 Å². The Morgan fingerprint density at radius 2 is 2.29 bits per heavy atom. The van der Waals surface area contributed by atoms with Gasteiger partial charge in [-0.05, 0) is 24.6 Å². The fraction of sp³-hybridized carbons (Fsp3) is 0.385. The van der Waals surface area contributed by atoms with Crippen LogP contribution in [-0.2, 0) is 24.2 Å². The first-order valence-corrected chi connectivity index (χ1v) is 8.15.